The molecule has 7 heteroatoms. The van der Waals surface area contributed by atoms with Gasteiger partial charge in [0.15, 0.2) is 0 Å². The first-order valence-corrected chi connectivity index (χ1v) is 11.3. The van der Waals surface area contributed by atoms with E-state index in [2.05, 4.69) is 70.4 Å². The zero-order valence-electron chi connectivity index (χ0n) is 19.3. The van der Waals surface area contributed by atoms with E-state index in [9.17, 15) is 4.79 Å². The maximum atomic E-state index is 13.4. The molecular weight excluding hydrogens is 412 g/mol. The molecule has 0 N–H and O–H groups in total. The quantitative estimate of drug-likeness (QED) is 0.485. The van der Waals surface area contributed by atoms with Crippen LogP contribution in [0.2, 0.25) is 0 Å². The van der Waals surface area contributed by atoms with Crippen LogP contribution in [0.15, 0.2) is 55.0 Å². The first-order chi connectivity index (χ1) is 16.0. The molecule has 4 heterocycles. The van der Waals surface area contributed by atoms with Crippen molar-refractivity contribution in [3.63, 3.8) is 0 Å². The molecule has 1 fully saturated rings. The molecule has 0 spiro atoms. The summed E-state index contributed by atoms with van der Waals surface area (Å²) in [5.41, 5.74) is 7.36. The first-order valence-electron chi connectivity index (χ1n) is 11.3. The van der Waals surface area contributed by atoms with Crippen molar-refractivity contribution in [1.82, 2.24) is 24.3 Å². The topological polar surface area (TPSA) is 66.6 Å². The Morgan fingerprint density at radius 3 is 2.42 bits per heavy atom. The first kappa shape index (κ1) is 21.1. The van der Waals surface area contributed by atoms with Crippen molar-refractivity contribution < 1.29 is 4.79 Å². The van der Waals surface area contributed by atoms with Gasteiger partial charge < -0.3 is 14.2 Å². The number of amides is 1. The Kier molecular flexibility index (Phi) is 5.54. The second-order valence-electron chi connectivity index (χ2n) is 8.73. The Morgan fingerprint density at radius 2 is 1.70 bits per heavy atom. The van der Waals surface area contributed by atoms with Crippen molar-refractivity contribution in [2.24, 2.45) is 0 Å². The minimum atomic E-state index is 0.121. The molecule has 1 aliphatic rings. The number of carbonyl (C=O) groups is 1. The van der Waals surface area contributed by atoms with Crippen molar-refractivity contribution in [2.45, 2.75) is 27.2 Å². The van der Waals surface area contributed by atoms with Crippen LogP contribution in [-0.2, 0) is 11.2 Å². The minimum absolute atomic E-state index is 0.121. The molecular formula is C26H28N6O. The highest BCUT2D eigenvalue weighted by atomic mass is 16.2. The van der Waals surface area contributed by atoms with E-state index in [1.54, 1.807) is 12.4 Å². The highest BCUT2D eigenvalue weighted by molar-refractivity contribution is 5.82. The monoisotopic (exact) mass is 440 g/mol. The Hall–Kier alpha value is -3.74. The van der Waals surface area contributed by atoms with E-state index in [1.165, 1.54) is 11.1 Å². The number of rotatable bonds is 4. The molecule has 33 heavy (non-hydrogen) atoms. The molecule has 1 saturated heterocycles. The summed E-state index contributed by atoms with van der Waals surface area (Å²) in [5, 5.41) is 0. The fourth-order valence-electron chi connectivity index (χ4n) is 4.35. The smallest absolute Gasteiger partial charge is 0.228 e. The number of carbonyl (C=O) groups excluding carboxylic acids is 1. The largest absolute Gasteiger partial charge is 0.339 e. The van der Waals surface area contributed by atoms with Crippen LogP contribution in [0.4, 0.5) is 5.95 Å². The summed E-state index contributed by atoms with van der Waals surface area (Å²) < 4.78 is 2.06. The molecule has 0 aliphatic carbocycles. The average molecular weight is 441 g/mol. The van der Waals surface area contributed by atoms with E-state index in [-0.39, 0.29) is 5.91 Å². The van der Waals surface area contributed by atoms with Crippen molar-refractivity contribution >= 4 is 17.5 Å². The molecule has 3 aromatic heterocycles. The van der Waals surface area contributed by atoms with E-state index in [0.717, 1.165) is 47.2 Å². The maximum Gasteiger partial charge on any atom is 0.228 e. The number of pyridine rings is 1. The van der Waals surface area contributed by atoms with Gasteiger partial charge in [0, 0.05) is 50.3 Å². The standard InChI is InChI=1S/C26H28N6O/c1-18-7-10-32-22(25(29-23(32)15-18)21-6-5-19(2)20(3)16-21)17-24(33)30-11-13-31(14-12-30)26-27-8-4-9-28-26/h4-10,15-16H,11-14,17H2,1-3H3. The number of benzene rings is 1. The van der Waals surface area contributed by atoms with Crippen LogP contribution in [-0.4, -0.2) is 56.3 Å². The van der Waals surface area contributed by atoms with E-state index in [1.807, 2.05) is 17.2 Å². The van der Waals surface area contributed by atoms with Crippen molar-refractivity contribution in [1.29, 1.82) is 0 Å². The second-order valence-corrected chi connectivity index (χ2v) is 8.73. The van der Waals surface area contributed by atoms with Crippen LogP contribution >= 0.6 is 0 Å². The average Bonchev–Trinajstić information content (AvgIpc) is 3.18. The number of imidazole rings is 1. The van der Waals surface area contributed by atoms with Crippen LogP contribution in [0.5, 0.6) is 0 Å². The predicted octanol–water partition coefficient (Wildman–Crippen LogP) is 3.61. The van der Waals surface area contributed by atoms with Crippen molar-refractivity contribution in [3.05, 3.63) is 77.4 Å². The summed E-state index contributed by atoms with van der Waals surface area (Å²) in [7, 11) is 0. The van der Waals surface area contributed by atoms with Gasteiger partial charge in [-0.25, -0.2) is 15.0 Å². The van der Waals surface area contributed by atoms with Crippen molar-refractivity contribution in [2.75, 3.05) is 31.1 Å². The number of hydrogen-bond donors (Lipinski definition) is 0. The Morgan fingerprint density at radius 1 is 0.939 bits per heavy atom. The van der Waals surface area contributed by atoms with Gasteiger partial charge >= 0.3 is 0 Å². The second kappa shape index (κ2) is 8.65. The number of piperazine rings is 1. The number of nitrogens with zero attached hydrogens (tertiary/aromatic N) is 6. The lowest BCUT2D eigenvalue weighted by atomic mass is 10.0. The fraction of sp³-hybridized carbons (Fsp3) is 0.308. The molecule has 1 aromatic carbocycles. The lowest BCUT2D eigenvalue weighted by molar-refractivity contribution is -0.130. The van der Waals surface area contributed by atoms with Gasteiger partial charge in [0.2, 0.25) is 11.9 Å². The van der Waals surface area contributed by atoms with E-state index in [0.29, 0.717) is 19.5 Å². The van der Waals surface area contributed by atoms with Crippen LogP contribution in [0, 0.1) is 20.8 Å². The summed E-state index contributed by atoms with van der Waals surface area (Å²) in [6.45, 7) is 9.05. The number of aryl methyl sites for hydroxylation is 3. The zero-order valence-corrected chi connectivity index (χ0v) is 19.3. The molecule has 0 saturated carbocycles. The third-order valence-electron chi connectivity index (χ3n) is 6.45. The van der Waals surface area contributed by atoms with E-state index in [4.69, 9.17) is 4.98 Å². The third-order valence-corrected chi connectivity index (χ3v) is 6.45. The number of aromatic nitrogens is 4. The van der Waals surface area contributed by atoms with Gasteiger partial charge in [0.05, 0.1) is 17.8 Å². The minimum Gasteiger partial charge on any atom is -0.339 e. The summed E-state index contributed by atoms with van der Waals surface area (Å²) in [6, 6.07) is 12.3. The zero-order chi connectivity index (χ0) is 22.9. The molecule has 1 aliphatic heterocycles. The van der Waals surface area contributed by atoms with Gasteiger partial charge in [0.25, 0.3) is 0 Å². The normalized spacial score (nSPS) is 14.2. The summed E-state index contributed by atoms with van der Waals surface area (Å²) in [5.74, 6) is 0.842. The Balaban J connectivity index is 1.41. The van der Waals surface area contributed by atoms with Gasteiger partial charge in [-0.3, -0.25) is 4.79 Å². The highest BCUT2D eigenvalue weighted by Crippen LogP contribution is 2.28. The third kappa shape index (κ3) is 4.18. The molecule has 0 radical (unpaired) electrons. The Labute approximate surface area is 193 Å². The molecule has 0 atom stereocenters. The number of fused-ring (bicyclic) bond motifs is 1. The fourth-order valence-corrected chi connectivity index (χ4v) is 4.35. The number of hydrogen-bond acceptors (Lipinski definition) is 5. The van der Waals surface area contributed by atoms with Crippen molar-refractivity contribution in [3.8, 4) is 11.3 Å². The van der Waals surface area contributed by atoms with Crippen LogP contribution in [0.3, 0.4) is 0 Å². The molecule has 0 bridgehead atoms. The van der Waals surface area contributed by atoms with E-state index < -0.39 is 0 Å². The summed E-state index contributed by atoms with van der Waals surface area (Å²) in [4.78, 5) is 31.0. The lowest BCUT2D eigenvalue weighted by Gasteiger charge is -2.34. The van der Waals surface area contributed by atoms with Gasteiger partial charge in [-0.15, -0.1) is 0 Å². The highest BCUT2D eigenvalue weighted by Gasteiger charge is 2.25. The molecule has 5 rings (SSSR count). The Bertz CT molecular complexity index is 1310. The van der Waals surface area contributed by atoms with Gasteiger partial charge in [-0.05, 0) is 61.7 Å². The summed E-state index contributed by atoms with van der Waals surface area (Å²) in [6.07, 6.45) is 5.84. The van der Waals surface area contributed by atoms with E-state index >= 15 is 0 Å². The lowest BCUT2D eigenvalue weighted by Crippen LogP contribution is -2.49. The predicted molar refractivity (Wildman–Crippen MR) is 129 cm³/mol. The van der Waals surface area contributed by atoms with Gasteiger partial charge in [-0.1, -0.05) is 12.1 Å². The maximum absolute atomic E-state index is 13.4. The molecule has 1 amide bonds. The summed E-state index contributed by atoms with van der Waals surface area (Å²) >= 11 is 0. The molecule has 4 aromatic rings. The van der Waals surface area contributed by atoms with Gasteiger partial charge in [0.1, 0.15) is 5.65 Å². The molecule has 7 nitrogen and oxygen atoms in total. The SMILES string of the molecule is Cc1ccn2c(CC(=O)N3CCN(c4ncccn4)CC3)c(-c3ccc(C)c(C)c3)nc2c1. The molecule has 168 valence electrons. The van der Waals surface area contributed by atoms with Crippen LogP contribution in [0.1, 0.15) is 22.4 Å². The van der Waals surface area contributed by atoms with Crippen LogP contribution in [0.25, 0.3) is 16.9 Å². The number of anilines is 1. The van der Waals surface area contributed by atoms with Gasteiger partial charge in [-0.2, -0.15) is 0 Å². The molecule has 0 unspecified atom stereocenters. The van der Waals surface area contributed by atoms with Crippen LogP contribution < -0.4 is 4.90 Å².